The molecular formula is C23H28ClN5O4. The third-order valence-electron chi connectivity index (χ3n) is 6.54. The predicted molar refractivity (Wildman–Crippen MR) is 127 cm³/mol. The molecule has 3 heterocycles. The highest BCUT2D eigenvalue weighted by Crippen LogP contribution is 2.37. The summed E-state index contributed by atoms with van der Waals surface area (Å²) in [5, 5.41) is 0.721. The minimum absolute atomic E-state index is 0. The van der Waals surface area contributed by atoms with Gasteiger partial charge in [-0.2, -0.15) is 4.98 Å². The zero-order valence-electron chi connectivity index (χ0n) is 18.7. The number of nitrogens with two attached hydrogens (primary N) is 1. The van der Waals surface area contributed by atoms with Gasteiger partial charge in [-0.15, -0.1) is 12.4 Å². The lowest BCUT2D eigenvalue weighted by molar-refractivity contribution is 0.0508. The first-order chi connectivity index (χ1) is 15.6. The van der Waals surface area contributed by atoms with Crippen molar-refractivity contribution in [2.24, 2.45) is 0 Å². The molecule has 1 aliphatic carbocycles. The van der Waals surface area contributed by atoms with Crippen LogP contribution < -0.4 is 20.1 Å². The zero-order chi connectivity index (χ0) is 22.2. The van der Waals surface area contributed by atoms with Crippen LogP contribution in [-0.2, 0) is 0 Å². The number of ether oxygens (including phenoxy) is 2. The third kappa shape index (κ3) is 4.01. The molecular weight excluding hydrogens is 446 g/mol. The van der Waals surface area contributed by atoms with Gasteiger partial charge in [0.15, 0.2) is 17.3 Å². The number of methoxy groups -OCH3 is 2. The van der Waals surface area contributed by atoms with Gasteiger partial charge in [0.05, 0.1) is 38.1 Å². The molecule has 0 spiro atoms. The van der Waals surface area contributed by atoms with Gasteiger partial charge < -0.3 is 29.4 Å². The fourth-order valence-corrected chi connectivity index (χ4v) is 5.00. The lowest BCUT2D eigenvalue weighted by Crippen LogP contribution is -2.62. The molecule has 0 bridgehead atoms. The van der Waals surface area contributed by atoms with Crippen molar-refractivity contribution in [1.82, 2.24) is 14.9 Å². The van der Waals surface area contributed by atoms with E-state index >= 15 is 0 Å². The molecule has 5 rings (SSSR count). The average Bonchev–Trinajstić information content (AvgIpc) is 3.37. The Morgan fingerprint density at radius 3 is 2.52 bits per heavy atom. The van der Waals surface area contributed by atoms with Crippen molar-refractivity contribution in [3.63, 3.8) is 0 Å². The van der Waals surface area contributed by atoms with E-state index in [1.165, 1.54) is 6.26 Å². The molecule has 3 aromatic rings. The van der Waals surface area contributed by atoms with E-state index in [0.29, 0.717) is 47.6 Å². The lowest BCUT2D eigenvalue weighted by atomic mass is 9.86. The Morgan fingerprint density at radius 1 is 1.09 bits per heavy atom. The summed E-state index contributed by atoms with van der Waals surface area (Å²) in [7, 11) is 3.18. The quantitative estimate of drug-likeness (QED) is 0.613. The molecule has 1 saturated heterocycles. The number of aromatic nitrogens is 2. The van der Waals surface area contributed by atoms with E-state index in [1.807, 2.05) is 11.0 Å². The number of carbonyl (C=O) groups is 1. The van der Waals surface area contributed by atoms with Gasteiger partial charge in [0.2, 0.25) is 5.95 Å². The highest BCUT2D eigenvalue weighted by Gasteiger charge is 2.42. The van der Waals surface area contributed by atoms with E-state index in [2.05, 4.69) is 9.88 Å². The number of amides is 1. The fourth-order valence-electron chi connectivity index (χ4n) is 5.00. The Morgan fingerprint density at radius 2 is 1.82 bits per heavy atom. The van der Waals surface area contributed by atoms with Crippen molar-refractivity contribution in [2.45, 2.75) is 37.8 Å². The summed E-state index contributed by atoms with van der Waals surface area (Å²) in [5.74, 6) is 2.49. The molecule has 0 unspecified atom stereocenters. The maximum Gasteiger partial charge on any atom is 0.289 e. The van der Waals surface area contributed by atoms with Crippen LogP contribution in [0.5, 0.6) is 11.5 Å². The van der Waals surface area contributed by atoms with Crippen LogP contribution in [-0.4, -0.2) is 60.2 Å². The number of hydrogen-bond acceptors (Lipinski definition) is 8. The first kappa shape index (κ1) is 23.0. The van der Waals surface area contributed by atoms with Crippen LogP contribution in [0.25, 0.3) is 10.9 Å². The number of nitrogens with zero attached hydrogens (tertiary/aromatic N) is 4. The van der Waals surface area contributed by atoms with Crippen LogP contribution in [0.2, 0.25) is 0 Å². The van der Waals surface area contributed by atoms with Crippen LogP contribution in [0.3, 0.4) is 0 Å². The van der Waals surface area contributed by atoms with E-state index < -0.39 is 0 Å². The van der Waals surface area contributed by atoms with Crippen molar-refractivity contribution in [1.29, 1.82) is 0 Å². The fraction of sp³-hybridized carbons (Fsp3) is 0.435. The summed E-state index contributed by atoms with van der Waals surface area (Å²) in [6, 6.07) is 7.31. The average molecular weight is 474 g/mol. The summed E-state index contributed by atoms with van der Waals surface area (Å²) >= 11 is 0. The SMILES string of the molecule is COc1cc2nc(N3CCN(C(=O)c4ccco4)[C@@H]4CCCC[C@@H]43)nc(N)c2cc1OC.Cl. The van der Waals surface area contributed by atoms with Crippen LogP contribution in [0, 0.1) is 0 Å². The number of hydrogen-bond donors (Lipinski definition) is 1. The summed E-state index contributed by atoms with van der Waals surface area (Å²) in [4.78, 5) is 26.7. The second kappa shape index (κ2) is 9.35. The molecule has 2 fully saturated rings. The van der Waals surface area contributed by atoms with Crippen LogP contribution >= 0.6 is 12.4 Å². The molecule has 0 radical (unpaired) electrons. The number of halogens is 1. The zero-order valence-corrected chi connectivity index (χ0v) is 19.5. The molecule has 2 N–H and O–H groups in total. The molecule has 1 aliphatic heterocycles. The number of fused-ring (bicyclic) bond motifs is 2. The van der Waals surface area contributed by atoms with Gasteiger partial charge in [0.1, 0.15) is 5.82 Å². The third-order valence-corrected chi connectivity index (χ3v) is 6.54. The maximum atomic E-state index is 13.1. The first-order valence-corrected chi connectivity index (χ1v) is 10.9. The Bertz CT molecular complexity index is 1140. The summed E-state index contributed by atoms with van der Waals surface area (Å²) < 4.78 is 16.2. The molecule has 1 amide bonds. The van der Waals surface area contributed by atoms with Gasteiger partial charge in [0.25, 0.3) is 5.91 Å². The van der Waals surface area contributed by atoms with Crippen molar-refractivity contribution in [3.8, 4) is 11.5 Å². The van der Waals surface area contributed by atoms with E-state index in [0.717, 1.165) is 31.1 Å². The molecule has 176 valence electrons. The van der Waals surface area contributed by atoms with E-state index in [4.69, 9.17) is 24.6 Å². The standard InChI is InChI=1S/C23H27N5O4.ClH/c1-30-19-12-14-15(13-20(19)31-2)25-23(26-21(14)24)28-10-9-27(16-6-3-4-7-17(16)28)22(29)18-8-5-11-32-18;/h5,8,11-13,16-17H,3-4,6-7,9-10H2,1-2H3,(H2,24,25,26);1H/t16-,17+;/m1./s1. The van der Waals surface area contributed by atoms with Crippen molar-refractivity contribution < 1.29 is 18.7 Å². The molecule has 1 aromatic carbocycles. The van der Waals surface area contributed by atoms with E-state index in [9.17, 15) is 4.79 Å². The van der Waals surface area contributed by atoms with Crippen LogP contribution in [0.15, 0.2) is 34.9 Å². The second-order valence-electron chi connectivity index (χ2n) is 8.22. The number of benzene rings is 1. The van der Waals surface area contributed by atoms with Crippen molar-refractivity contribution in [3.05, 3.63) is 36.3 Å². The molecule has 1 saturated carbocycles. The topological polar surface area (TPSA) is 107 Å². The highest BCUT2D eigenvalue weighted by molar-refractivity contribution is 5.93. The Balaban J connectivity index is 0.00000259. The molecule has 10 heteroatoms. The predicted octanol–water partition coefficient (Wildman–Crippen LogP) is 3.52. The van der Waals surface area contributed by atoms with Crippen LogP contribution in [0.1, 0.15) is 36.2 Å². The van der Waals surface area contributed by atoms with E-state index in [1.54, 1.807) is 32.4 Å². The molecule has 33 heavy (non-hydrogen) atoms. The van der Waals surface area contributed by atoms with Crippen molar-refractivity contribution in [2.75, 3.05) is 37.9 Å². The number of anilines is 2. The highest BCUT2D eigenvalue weighted by atomic mass is 35.5. The number of furan rings is 1. The van der Waals surface area contributed by atoms with Gasteiger partial charge in [-0.3, -0.25) is 4.79 Å². The number of rotatable bonds is 4. The number of nitrogen functional groups attached to an aromatic ring is 1. The normalized spacial score (nSPS) is 20.2. The first-order valence-electron chi connectivity index (χ1n) is 10.9. The molecule has 2 aliphatic rings. The van der Waals surface area contributed by atoms with Crippen LogP contribution in [0.4, 0.5) is 11.8 Å². The Hall–Kier alpha value is -3.20. The van der Waals surface area contributed by atoms with Gasteiger partial charge >= 0.3 is 0 Å². The van der Waals surface area contributed by atoms with Gasteiger partial charge in [-0.05, 0) is 31.0 Å². The van der Waals surface area contributed by atoms with Gasteiger partial charge in [0, 0.05) is 24.5 Å². The molecule has 9 nitrogen and oxygen atoms in total. The maximum absolute atomic E-state index is 13.1. The van der Waals surface area contributed by atoms with Gasteiger partial charge in [-0.25, -0.2) is 4.98 Å². The largest absolute Gasteiger partial charge is 0.493 e. The smallest absolute Gasteiger partial charge is 0.289 e. The summed E-state index contributed by atoms with van der Waals surface area (Å²) in [5.41, 5.74) is 7.04. The Labute approximate surface area is 198 Å². The minimum Gasteiger partial charge on any atom is -0.493 e. The molecule has 2 aromatic heterocycles. The summed E-state index contributed by atoms with van der Waals surface area (Å²) in [6.07, 6.45) is 5.65. The number of carbonyl (C=O) groups excluding carboxylic acids is 1. The Kier molecular flexibility index (Phi) is 6.51. The molecule has 2 atom stereocenters. The van der Waals surface area contributed by atoms with Gasteiger partial charge in [-0.1, -0.05) is 12.8 Å². The second-order valence-corrected chi connectivity index (χ2v) is 8.22. The van der Waals surface area contributed by atoms with Crippen molar-refractivity contribution >= 4 is 41.0 Å². The lowest BCUT2D eigenvalue weighted by Gasteiger charge is -2.49. The monoisotopic (exact) mass is 473 g/mol. The summed E-state index contributed by atoms with van der Waals surface area (Å²) in [6.45, 7) is 1.21. The minimum atomic E-state index is -0.0534. The van der Waals surface area contributed by atoms with E-state index in [-0.39, 0.29) is 30.4 Å². The number of piperazine rings is 1.